The first-order chi connectivity index (χ1) is 14.8. The van der Waals surface area contributed by atoms with E-state index in [1.807, 2.05) is 0 Å². The molecule has 1 aliphatic heterocycles. The van der Waals surface area contributed by atoms with Crippen LogP contribution >= 0.6 is 15.9 Å². The molecule has 0 radical (unpaired) electrons. The molecule has 0 atom stereocenters. The van der Waals surface area contributed by atoms with Crippen LogP contribution in [0.4, 0.5) is 4.79 Å². The lowest BCUT2D eigenvalue weighted by Gasteiger charge is -2.35. The Labute approximate surface area is 187 Å². The molecule has 1 heterocycles. The van der Waals surface area contributed by atoms with Gasteiger partial charge in [-0.3, -0.25) is 19.8 Å². The number of hydrogen-bond donors (Lipinski definition) is 2. The van der Waals surface area contributed by atoms with E-state index in [0.717, 1.165) is 24.2 Å². The van der Waals surface area contributed by atoms with Crippen molar-refractivity contribution in [3.63, 3.8) is 0 Å². The highest BCUT2D eigenvalue weighted by atomic mass is 79.9. The lowest BCUT2D eigenvalue weighted by Crippen LogP contribution is -2.58. The molecule has 1 aromatic carbocycles. The van der Waals surface area contributed by atoms with Gasteiger partial charge < -0.3 is 14.6 Å². The second-order valence-corrected chi connectivity index (χ2v) is 8.07. The molecular formula is C21H23BrN2O7. The number of nitrogens with one attached hydrogen (secondary N) is 1. The molecule has 10 heteroatoms. The number of carbonyl (C=O) groups is 4. The van der Waals surface area contributed by atoms with Gasteiger partial charge in [0, 0.05) is 10.5 Å². The number of benzene rings is 1. The molecule has 2 N–H and O–H groups in total. The van der Waals surface area contributed by atoms with Crippen LogP contribution in [0.3, 0.4) is 0 Å². The van der Waals surface area contributed by atoms with Crippen LogP contribution in [0.25, 0.3) is 6.08 Å². The van der Waals surface area contributed by atoms with E-state index in [1.165, 1.54) is 12.1 Å². The summed E-state index contributed by atoms with van der Waals surface area (Å²) in [6.07, 6.45) is 5.73. The fourth-order valence-corrected chi connectivity index (χ4v) is 4.12. The van der Waals surface area contributed by atoms with Crippen molar-refractivity contribution in [2.45, 2.75) is 45.1 Å². The van der Waals surface area contributed by atoms with E-state index in [4.69, 9.17) is 14.6 Å². The van der Waals surface area contributed by atoms with Crippen LogP contribution in [0, 0.1) is 0 Å². The van der Waals surface area contributed by atoms with Gasteiger partial charge >= 0.3 is 12.0 Å². The predicted octanol–water partition coefficient (Wildman–Crippen LogP) is 3.11. The summed E-state index contributed by atoms with van der Waals surface area (Å²) in [5, 5.41) is 11.1. The van der Waals surface area contributed by atoms with Crippen molar-refractivity contribution in [3.8, 4) is 11.5 Å². The minimum atomic E-state index is -1.14. The van der Waals surface area contributed by atoms with Crippen molar-refractivity contribution >= 4 is 45.8 Å². The number of ether oxygens (including phenoxy) is 2. The van der Waals surface area contributed by atoms with Crippen molar-refractivity contribution in [2.24, 2.45) is 0 Å². The smallest absolute Gasteiger partial charge is 0.341 e. The van der Waals surface area contributed by atoms with E-state index < -0.39 is 30.4 Å². The molecule has 1 saturated heterocycles. The molecule has 3 rings (SSSR count). The van der Waals surface area contributed by atoms with Crippen LogP contribution in [0.2, 0.25) is 0 Å². The maximum atomic E-state index is 13.1. The average Bonchev–Trinajstić information content (AvgIpc) is 2.72. The number of halogens is 1. The van der Waals surface area contributed by atoms with Crippen LogP contribution < -0.4 is 14.8 Å². The minimum absolute atomic E-state index is 0.160. The Kier molecular flexibility index (Phi) is 7.32. The van der Waals surface area contributed by atoms with Gasteiger partial charge in [-0.1, -0.05) is 35.2 Å². The number of carboxylic acids is 1. The molecule has 1 aromatic rings. The Balaban J connectivity index is 1.95. The van der Waals surface area contributed by atoms with Crippen molar-refractivity contribution in [1.29, 1.82) is 0 Å². The molecule has 1 aliphatic carbocycles. The Morgan fingerprint density at radius 1 is 1.19 bits per heavy atom. The standard InChI is InChI=1S/C21H23BrN2O7/c1-2-30-16-9-12(15(22)10-17(16)31-11-18(25)26)8-14-19(27)23-21(29)24(20(14)28)13-6-4-3-5-7-13/h8-10,13H,2-7,11H2,1H3,(H,25,26)(H,23,27,29). The molecule has 0 bridgehead atoms. The van der Waals surface area contributed by atoms with E-state index in [-0.39, 0.29) is 23.1 Å². The predicted molar refractivity (Wildman–Crippen MR) is 114 cm³/mol. The molecule has 9 nitrogen and oxygen atoms in total. The zero-order valence-electron chi connectivity index (χ0n) is 17.0. The van der Waals surface area contributed by atoms with Crippen molar-refractivity contribution in [3.05, 3.63) is 27.7 Å². The van der Waals surface area contributed by atoms with Gasteiger partial charge in [0.2, 0.25) is 0 Å². The topological polar surface area (TPSA) is 122 Å². The third kappa shape index (κ3) is 5.25. The number of imide groups is 2. The van der Waals surface area contributed by atoms with Gasteiger partial charge in [0.25, 0.3) is 11.8 Å². The van der Waals surface area contributed by atoms with Gasteiger partial charge in [0.1, 0.15) is 5.57 Å². The monoisotopic (exact) mass is 494 g/mol. The molecule has 0 aromatic heterocycles. The highest BCUT2D eigenvalue weighted by molar-refractivity contribution is 9.10. The number of carbonyl (C=O) groups excluding carboxylic acids is 3. The van der Waals surface area contributed by atoms with E-state index in [1.54, 1.807) is 13.0 Å². The van der Waals surface area contributed by atoms with Gasteiger partial charge in [0.15, 0.2) is 18.1 Å². The third-order valence-corrected chi connectivity index (χ3v) is 5.77. The normalized spacial score (nSPS) is 18.8. The SMILES string of the molecule is CCOc1cc(C=C2C(=O)NC(=O)N(C3CCCCC3)C2=O)c(Br)cc1OCC(=O)O. The number of aliphatic carboxylic acids is 1. The fraction of sp³-hybridized carbons (Fsp3) is 0.429. The maximum Gasteiger partial charge on any atom is 0.341 e. The summed E-state index contributed by atoms with van der Waals surface area (Å²) in [6, 6.07) is 2.13. The molecule has 2 fully saturated rings. The molecule has 0 spiro atoms. The molecule has 0 unspecified atom stereocenters. The summed E-state index contributed by atoms with van der Waals surface area (Å²) in [5.41, 5.74) is 0.287. The van der Waals surface area contributed by atoms with Crippen LogP contribution in [0.15, 0.2) is 22.2 Å². The number of carboxylic acid groups (broad SMARTS) is 1. The van der Waals surface area contributed by atoms with Gasteiger partial charge in [0.05, 0.1) is 6.61 Å². The Hall–Kier alpha value is -2.88. The van der Waals surface area contributed by atoms with Gasteiger partial charge in [-0.05, 0) is 43.5 Å². The average molecular weight is 495 g/mol. The Morgan fingerprint density at radius 2 is 1.87 bits per heavy atom. The molecule has 166 valence electrons. The minimum Gasteiger partial charge on any atom is -0.490 e. The molecular weight excluding hydrogens is 472 g/mol. The van der Waals surface area contributed by atoms with E-state index in [9.17, 15) is 19.2 Å². The lowest BCUT2D eigenvalue weighted by atomic mass is 9.93. The van der Waals surface area contributed by atoms with Crippen LogP contribution in [0.5, 0.6) is 11.5 Å². The molecule has 1 saturated carbocycles. The van der Waals surface area contributed by atoms with Crippen molar-refractivity contribution in [2.75, 3.05) is 13.2 Å². The second kappa shape index (κ2) is 9.95. The first-order valence-corrected chi connectivity index (χ1v) is 10.8. The van der Waals surface area contributed by atoms with Crippen molar-refractivity contribution in [1.82, 2.24) is 10.2 Å². The summed E-state index contributed by atoms with van der Waals surface area (Å²) in [6.45, 7) is 1.50. The van der Waals surface area contributed by atoms with E-state index in [2.05, 4.69) is 21.2 Å². The summed E-state index contributed by atoms with van der Waals surface area (Å²) in [4.78, 5) is 49.8. The van der Waals surface area contributed by atoms with E-state index >= 15 is 0 Å². The lowest BCUT2D eigenvalue weighted by molar-refractivity contribution is -0.139. The van der Waals surface area contributed by atoms with Crippen LogP contribution in [0.1, 0.15) is 44.6 Å². The zero-order chi connectivity index (χ0) is 22.5. The third-order valence-electron chi connectivity index (χ3n) is 5.09. The Morgan fingerprint density at radius 3 is 2.52 bits per heavy atom. The van der Waals surface area contributed by atoms with Crippen LogP contribution in [-0.2, 0) is 14.4 Å². The first-order valence-electron chi connectivity index (χ1n) is 10.0. The second-order valence-electron chi connectivity index (χ2n) is 7.22. The fourth-order valence-electron chi connectivity index (χ4n) is 3.68. The quantitative estimate of drug-likeness (QED) is 0.440. The number of urea groups is 1. The van der Waals surface area contributed by atoms with Crippen LogP contribution in [-0.4, -0.2) is 53.1 Å². The molecule has 4 amide bonds. The zero-order valence-corrected chi connectivity index (χ0v) is 18.6. The molecule has 31 heavy (non-hydrogen) atoms. The van der Waals surface area contributed by atoms with Crippen molar-refractivity contribution < 1.29 is 33.8 Å². The van der Waals surface area contributed by atoms with E-state index in [0.29, 0.717) is 29.5 Å². The van der Waals surface area contributed by atoms with Gasteiger partial charge in [-0.2, -0.15) is 0 Å². The largest absolute Gasteiger partial charge is 0.490 e. The summed E-state index contributed by atoms with van der Waals surface area (Å²) in [7, 11) is 0. The number of barbiturate groups is 1. The molecule has 2 aliphatic rings. The maximum absolute atomic E-state index is 13.1. The number of amides is 4. The Bertz CT molecular complexity index is 938. The van der Waals surface area contributed by atoms with Gasteiger partial charge in [-0.25, -0.2) is 9.59 Å². The highest BCUT2D eigenvalue weighted by Gasteiger charge is 2.40. The first kappa shape index (κ1) is 22.8. The summed E-state index contributed by atoms with van der Waals surface area (Å²) in [5.74, 6) is -2.06. The number of hydrogen-bond acceptors (Lipinski definition) is 6. The number of rotatable bonds is 7. The van der Waals surface area contributed by atoms with Gasteiger partial charge in [-0.15, -0.1) is 0 Å². The highest BCUT2D eigenvalue weighted by Crippen LogP contribution is 2.35. The summed E-state index contributed by atoms with van der Waals surface area (Å²) < 4.78 is 11.2. The summed E-state index contributed by atoms with van der Waals surface area (Å²) >= 11 is 3.36. The number of nitrogens with zero attached hydrogens (tertiary/aromatic N) is 1.